The van der Waals surface area contributed by atoms with Gasteiger partial charge in [0.25, 0.3) is 5.91 Å². The summed E-state index contributed by atoms with van der Waals surface area (Å²) in [4.78, 5) is 17.3. The number of benzene rings is 3. The molecular weight excluding hydrogens is 542 g/mol. The van der Waals surface area contributed by atoms with Crippen LogP contribution in [0.15, 0.2) is 78.9 Å². The van der Waals surface area contributed by atoms with Crippen LogP contribution >= 0.6 is 0 Å². The fourth-order valence-electron chi connectivity index (χ4n) is 5.07. The maximum Gasteiger partial charge on any atom is 0.276 e. The maximum absolute atomic E-state index is 12.6. The van der Waals surface area contributed by atoms with Crippen molar-refractivity contribution >= 4 is 17.4 Å². The summed E-state index contributed by atoms with van der Waals surface area (Å²) in [5.41, 5.74) is 4.35. The van der Waals surface area contributed by atoms with Crippen molar-refractivity contribution in [2.45, 2.75) is 33.4 Å². The summed E-state index contributed by atoms with van der Waals surface area (Å²) in [6.07, 6.45) is 0.0856. The normalized spacial score (nSPS) is 13.6. The van der Waals surface area contributed by atoms with Gasteiger partial charge < -0.3 is 24.4 Å². The Balaban J connectivity index is 1.20. The highest BCUT2D eigenvalue weighted by Gasteiger charge is 2.20. The second-order valence-corrected chi connectivity index (χ2v) is 10.7. The highest BCUT2D eigenvalue weighted by molar-refractivity contribution is 6.02. The van der Waals surface area contributed by atoms with Crippen LogP contribution in [-0.2, 0) is 6.54 Å². The summed E-state index contributed by atoms with van der Waals surface area (Å²) < 4.78 is 17.0. The molecule has 1 saturated heterocycles. The molecule has 0 unspecified atom stereocenters. The van der Waals surface area contributed by atoms with Gasteiger partial charge in [0.05, 0.1) is 19.8 Å². The van der Waals surface area contributed by atoms with Crippen molar-refractivity contribution < 1.29 is 19.0 Å². The molecule has 1 aromatic heterocycles. The Hall–Kier alpha value is -4.63. The molecule has 224 valence electrons. The minimum atomic E-state index is -0.304. The molecular formula is C34H39N5O4. The van der Waals surface area contributed by atoms with Crippen LogP contribution in [0.1, 0.15) is 36.8 Å². The van der Waals surface area contributed by atoms with Gasteiger partial charge in [-0.25, -0.2) is 0 Å². The molecule has 1 aliphatic heterocycles. The smallest absolute Gasteiger partial charge is 0.276 e. The van der Waals surface area contributed by atoms with Gasteiger partial charge >= 0.3 is 0 Å². The van der Waals surface area contributed by atoms with Crippen LogP contribution in [0.25, 0.3) is 11.1 Å². The number of anilines is 2. The number of rotatable bonds is 11. The lowest BCUT2D eigenvalue weighted by Gasteiger charge is -2.35. The van der Waals surface area contributed by atoms with Gasteiger partial charge in [-0.05, 0) is 104 Å². The molecule has 1 fully saturated rings. The average Bonchev–Trinajstić information content (AvgIpc) is 3.02. The van der Waals surface area contributed by atoms with Crippen molar-refractivity contribution in [3.8, 4) is 28.4 Å². The number of hydrogen-bond acceptors (Lipinski definition) is 8. The molecule has 5 rings (SSSR count). The van der Waals surface area contributed by atoms with Crippen molar-refractivity contribution in [2.24, 2.45) is 0 Å². The zero-order valence-corrected chi connectivity index (χ0v) is 25.2. The molecule has 9 nitrogen and oxygen atoms in total. The molecule has 0 spiro atoms. The molecule has 1 amide bonds. The molecule has 4 aromatic rings. The van der Waals surface area contributed by atoms with E-state index in [2.05, 4.69) is 55.6 Å². The fourth-order valence-corrected chi connectivity index (χ4v) is 5.07. The van der Waals surface area contributed by atoms with Gasteiger partial charge in [0.15, 0.2) is 11.5 Å². The topological polar surface area (TPSA) is 89.1 Å². The van der Waals surface area contributed by atoms with E-state index in [1.54, 1.807) is 37.4 Å². The lowest BCUT2D eigenvalue weighted by molar-refractivity contribution is 0.102. The van der Waals surface area contributed by atoms with Crippen LogP contribution in [0, 0.1) is 0 Å². The van der Waals surface area contributed by atoms with Crippen molar-refractivity contribution in [1.29, 1.82) is 0 Å². The predicted octanol–water partition coefficient (Wildman–Crippen LogP) is 5.91. The van der Waals surface area contributed by atoms with E-state index in [-0.39, 0.29) is 17.7 Å². The van der Waals surface area contributed by atoms with E-state index in [0.717, 1.165) is 66.9 Å². The van der Waals surface area contributed by atoms with Crippen LogP contribution in [0.3, 0.4) is 0 Å². The number of carbonyl (C=O) groups excluding carboxylic acids is 1. The molecule has 0 saturated carbocycles. The van der Waals surface area contributed by atoms with Gasteiger partial charge in [-0.1, -0.05) is 12.1 Å². The van der Waals surface area contributed by atoms with Gasteiger partial charge in [-0.2, -0.15) is 0 Å². The van der Waals surface area contributed by atoms with Gasteiger partial charge in [-0.15, -0.1) is 10.2 Å². The summed E-state index contributed by atoms with van der Waals surface area (Å²) in [5.74, 6) is 2.92. The van der Waals surface area contributed by atoms with Gasteiger partial charge in [0.1, 0.15) is 17.2 Å². The Labute approximate surface area is 253 Å². The summed E-state index contributed by atoms with van der Waals surface area (Å²) in [6.45, 7) is 10.9. The number of methoxy groups -OCH3 is 1. The average molecular weight is 582 g/mol. The number of nitrogens with zero attached hydrogens (tertiary/aromatic N) is 4. The van der Waals surface area contributed by atoms with E-state index in [0.29, 0.717) is 12.3 Å². The van der Waals surface area contributed by atoms with Crippen LogP contribution in [-0.4, -0.2) is 67.0 Å². The quantitative estimate of drug-likeness (QED) is 0.234. The Bertz CT molecular complexity index is 1500. The zero-order chi connectivity index (χ0) is 30.2. The number of piperazine rings is 1. The summed E-state index contributed by atoms with van der Waals surface area (Å²) in [5, 5.41) is 11.4. The molecule has 0 radical (unpaired) electrons. The predicted molar refractivity (Wildman–Crippen MR) is 169 cm³/mol. The SMILES string of the molecule is CCOc1cccc(-c2cc(CN3CCN(c4ccc(C(=O)Nc5ccc(OC)cc5)nn4)CC3)cc(OC(C)C)c2)c1. The molecule has 43 heavy (non-hydrogen) atoms. The van der Waals surface area contributed by atoms with E-state index in [9.17, 15) is 4.79 Å². The van der Waals surface area contributed by atoms with Crippen molar-refractivity contribution in [1.82, 2.24) is 15.1 Å². The third-order valence-electron chi connectivity index (χ3n) is 7.15. The first kappa shape index (κ1) is 29.8. The first-order valence-corrected chi connectivity index (χ1v) is 14.7. The van der Waals surface area contributed by atoms with E-state index in [4.69, 9.17) is 14.2 Å². The molecule has 3 aromatic carbocycles. The molecule has 0 atom stereocenters. The van der Waals surface area contributed by atoms with Crippen LogP contribution < -0.4 is 24.4 Å². The highest BCUT2D eigenvalue weighted by atomic mass is 16.5. The Kier molecular flexibility index (Phi) is 9.73. The number of aromatic nitrogens is 2. The highest BCUT2D eigenvalue weighted by Crippen LogP contribution is 2.30. The third-order valence-corrected chi connectivity index (χ3v) is 7.15. The number of ether oxygens (including phenoxy) is 3. The number of hydrogen-bond donors (Lipinski definition) is 1. The maximum atomic E-state index is 12.6. The zero-order valence-electron chi connectivity index (χ0n) is 25.2. The number of amides is 1. The minimum absolute atomic E-state index is 0.0856. The van der Waals surface area contributed by atoms with E-state index >= 15 is 0 Å². The van der Waals surface area contributed by atoms with Crippen LogP contribution in [0.5, 0.6) is 17.2 Å². The summed E-state index contributed by atoms with van der Waals surface area (Å²) >= 11 is 0. The van der Waals surface area contributed by atoms with E-state index < -0.39 is 0 Å². The van der Waals surface area contributed by atoms with Crippen LogP contribution in [0.2, 0.25) is 0 Å². The lowest BCUT2D eigenvalue weighted by Crippen LogP contribution is -2.46. The first-order chi connectivity index (χ1) is 20.9. The molecule has 2 heterocycles. The number of carbonyl (C=O) groups is 1. The molecule has 0 bridgehead atoms. The summed E-state index contributed by atoms with van der Waals surface area (Å²) in [7, 11) is 1.60. The number of nitrogens with one attached hydrogen (secondary N) is 1. The molecule has 0 aliphatic carbocycles. The molecule has 9 heteroatoms. The second kappa shape index (κ2) is 14.0. The van der Waals surface area contributed by atoms with Crippen molar-refractivity contribution in [3.05, 3.63) is 90.1 Å². The van der Waals surface area contributed by atoms with E-state index in [1.807, 2.05) is 39.0 Å². The minimum Gasteiger partial charge on any atom is -0.497 e. The second-order valence-electron chi connectivity index (χ2n) is 10.7. The van der Waals surface area contributed by atoms with Gasteiger partial charge in [-0.3, -0.25) is 9.69 Å². The third kappa shape index (κ3) is 8.02. The summed E-state index contributed by atoms with van der Waals surface area (Å²) in [6, 6.07) is 25.4. The Morgan fingerprint density at radius 2 is 1.63 bits per heavy atom. The van der Waals surface area contributed by atoms with E-state index in [1.165, 1.54) is 5.56 Å². The standard InChI is InChI=1S/C34H39N5O4/c1-5-42-30-8-6-7-26(21-30)27-19-25(20-31(22-27)43-24(2)3)23-38-15-17-39(18-16-38)33-14-13-32(36-37-33)34(40)35-28-9-11-29(41-4)12-10-28/h6-14,19-22,24H,5,15-18,23H2,1-4H3,(H,35,40). The van der Waals surface area contributed by atoms with Crippen molar-refractivity contribution in [3.63, 3.8) is 0 Å². The molecule has 1 N–H and O–H groups in total. The largest absolute Gasteiger partial charge is 0.497 e. The van der Waals surface area contributed by atoms with Gasteiger partial charge in [0, 0.05) is 38.4 Å². The fraction of sp³-hybridized carbons (Fsp3) is 0.324. The Morgan fingerprint density at radius 3 is 2.30 bits per heavy atom. The monoisotopic (exact) mass is 581 g/mol. The van der Waals surface area contributed by atoms with Crippen LogP contribution in [0.4, 0.5) is 11.5 Å². The molecule has 1 aliphatic rings. The lowest BCUT2D eigenvalue weighted by atomic mass is 10.0. The Morgan fingerprint density at radius 1 is 0.860 bits per heavy atom. The van der Waals surface area contributed by atoms with Gasteiger partial charge in [0.2, 0.25) is 0 Å². The first-order valence-electron chi connectivity index (χ1n) is 14.7. The van der Waals surface area contributed by atoms with Crippen molar-refractivity contribution in [2.75, 3.05) is 50.1 Å².